The van der Waals surface area contributed by atoms with Crippen LogP contribution in [0.3, 0.4) is 0 Å². The maximum atomic E-state index is 13.1. The highest BCUT2D eigenvalue weighted by Crippen LogP contribution is 2.30. The van der Waals surface area contributed by atoms with E-state index in [1.807, 2.05) is 6.92 Å². The maximum absolute atomic E-state index is 13.1. The number of nitrogens with one attached hydrogen (secondary N) is 1. The number of piperidine rings is 1. The SMILES string of the molecule is CC(=O)OC[C@H]1O[C@H](OC(=O)N2CCCCC2C)[C@H](NC(=O)OCC(Cl)(Cl)Cl)[C@@H](OC(C)=O)[C@@H]1OC(C)=O. The molecule has 2 heterocycles. The first-order chi connectivity index (χ1) is 17.7. The Morgan fingerprint density at radius 2 is 1.55 bits per heavy atom. The standard InChI is InChI=1S/C22H31Cl3N2O11/c1-11-7-5-6-8-27(11)21(32)38-19-16(26-20(31)34-10-22(23,24)25)18(36-14(4)30)17(35-13(3)29)15(37-19)9-33-12(2)28/h11,15-19H,5-10H2,1-4H3,(H,26,31)/t11?,15-,16-,17-,18-,19-/m1/s1. The van der Waals surface area contributed by atoms with Crippen LogP contribution in [0, 0.1) is 0 Å². The number of hydrogen-bond donors (Lipinski definition) is 1. The van der Waals surface area contributed by atoms with Gasteiger partial charge in [0.1, 0.15) is 25.4 Å². The van der Waals surface area contributed by atoms with Crippen molar-refractivity contribution in [3.63, 3.8) is 0 Å². The summed E-state index contributed by atoms with van der Waals surface area (Å²) in [6.07, 6.45) is -5.17. The van der Waals surface area contributed by atoms with E-state index in [2.05, 4.69) is 5.32 Å². The number of amides is 2. The average Bonchev–Trinajstić information content (AvgIpc) is 2.79. The summed E-state index contributed by atoms with van der Waals surface area (Å²) in [5.41, 5.74) is 0. The van der Waals surface area contributed by atoms with Gasteiger partial charge in [-0.2, -0.15) is 0 Å². The predicted molar refractivity (Wildman–Crippen MR) is 131 cm³/mol. The molecule has 0 spiro atoms. The minimum atomic E-state index is -1.93. The first kappa shape index (κ1) is 32.0. The van der Waals surface area contributed by atoms with Crippen LogP contribution in [0.25, 0.3) is 0 Å². The number of hydrogen-bond acceptors (Lipinski definition) is 11. The molecule has 216 valence electrons. The zero-order valence-corrected chi connectivity index (χ0v) is 23.5. The molecule has 13 nitrogen and oxygen atoms in total. The van der Waals surface area contributed by atoms with Crippen LogP contribution in [0.5, 0.6) is 0 Å². The minimum absolute atomic E-state index is 0.129. The summed E-state index contributed by atoms with van der Waals surface area (Å²) < 4.78 is 30.2. The lowest BCUT2D eigenvalue weighted by Crippen LogP contribution is -2.67. The Labute approximate surface area is 234 Å². The molecule has 2 aliphatic rings. The van der Waals surface area contributed by atoms with Crippen LogP contribution in [0.4, 0.5) is 9.59 Å². The van der Waals surface area contributed by atoms with Crippen LogP contribution in [0.2, 0.25) is 0 Å². The van der Waals surface area contributed by atoms with Gasteiger partial charge < -0.3 is 38.6 Å². The summed E-state index contributed by atoms with van der Waals surface area (Å²) in [5.74, 6) is -2.29. The van der Waals surface area contributed by atoms with Gasteiger partial charge in [-0.25, -0.2) is 9.59 Å². The molecule has 0 radical (unpaired) electrons. The number of likely N-dealkylation sites (tertiary alicyclic amines) is 1. The molecule has 0 aromatic carbocycles. The summed E-state index contributed by atoms with van der Waals surface area (Å²) in [6, 6.07) is -1.58. The van der Waals surface area contributed by atoms with E-state index in [0.29, 0.717) is 6.54 Å². The average molecular weight is 606 g/mol. The first-order valence-electron chi connectivity index (χ1n) is 11.8. The topological polar surface area (TPSA) is 156 Å². The van der Waals surface area contributed by atoms with E-state index < -0.39 is 77.7 Å². The van der Waals surface area contributed by atoms with Gasteiger partial charge >= 0.3 is 30.1 Å². The molecule has 16 heteroatoms. The van der Waals surface area contributed by atoms with Crippen molar-refractivity contribution in [2.24, 2.45) is 0 Å². The van der Waals surface area contributed by atoms with Gasteiger partial charge in [-0.1, -0.05) is 34.8 Å². The summed E-state index contributed by atoms with van der Waals surface area (Å²) in [6.45, 7) is 4.50. The molecular weight excluding hydrogens is 575 g/mol. The van der Waals surface area contributed by atoms with Crippen LogP contribution in [0.15, 0.2) is 0 Å². The Kier molecular flexibility index (Phi) is 12.0. The maximum Gasteiger partial charge on any atom is 0.412 e. The zero-order chi connectivity index (χ0) is 28.6. The molecule has 2 aliphatic heterocycles. The highest BCUT2D eigenvalue weighted by Gasteiger charge is 2.53. The van der Waals surface area contributed by atoms with Gasteiger partial charge in [0.25, 0.3) is 0 Å². The third-order valence-electron chi connectivity index (χ3n) is 5.61. The number of carbonyl (C=O) groups is 5. The van der Waals surface area contributed by atoms with Gasteiger partial charge in [-0.15, -0.1) is 0 Å². The normalized spacial score (nSPS) is 27.5. The summed E-state index contributed by atoms with van der Waals surface area (Å²) in [7, 11) is 0. The number of ether oxygens (including phenoxy) is 6. The van der Waals surface area contributed by atoms with Gasteiger partial charge in [0.15, 0.2) is 12.2 Å². The molecule has 1 unspecified atom stereocenters. The van der Waals surface area contributed by atoms with E-state index >= 15 is 0 Å². The highest BCUT2D eigenvalue weighted by molar-refractivity contribution is 6.67. The summed E-state index contributed by atoms with van der Waals surface area (Å²) in [4.78, 5) is 62.5. The van der Waals surface area contributed by atoms with Gasteiger partial charge in [-0.05, 0) is 26.2 Å². The lowest BCUT2D eigenvalue weighted by Gasteiger charge is -2.45. The van der Waals surface area contributed by atoms with Crippen molar-refractivity contribution in [1.29, 1.82) is 0 Å². The molecule has 0 aliphatic carbocycles. The fraction of sp³-hybridized carbons (Fsp3) is 0.773. The summed E-state index contributed by atoms with van der Waals surface area (Å²) in [5, 5.41) is 2.37. The Bertz CT molecular complexity index is 885. The number of halogens is 3. The molecule has 0 aromatic rings. The van der Waals surface area contributed by atoms with Crippen LogP contribution in [-0.2, 0) is 42.8 Å². The van der Waals surface area contributed by atoms with Crippen molar-refractivity contribution in [2.45, 2.75) is 87.4 Å². The molecular formula is C22H31Cl3N2O11. The van der Waals surface area contributed by atoms with E-state index in [1.165, 1.54) is 4.90 Å². The number of esters is 3. The molecule has 2 saturated heterocycles. The van der Waals surface area contributed by atoms with Gasteiger partial charge in [-0.3, -0.25) is 14.4 Å². The fourth-order valence-electron chi connectivity index (χ4n) is 4.02. The Balaban J connectivity index is 2.42. The molecule has 38 heavy (non-hydrogen) atoms. The predicted octanol–water partition coefficient (Wildman–Crippen LogP) is 2.61. The quantitative estimate of drug-likeness (QED) is 0.258. The van der Waals surface area contributed by atoms with Crippen LogP contribution in [0.1, 0.15) is 47.0 Å². The second kappa shape index (κ2) is 14.2. The Morgan fingerprint density at radius 3 is 2.11 bits per heavy atom. The molecule has 0 aromatic heterocycles. The number of carbonyl (C=O) groups excluding carboxylic acids is 5. The number of alkyl halides is 3. The third kappa shape index (κ3) is 10.2. The van der Waals surface area contributed by atoms with Gasteiger partial charge in [0.05, 0.1) is 0 Å². The van der Waals surface area contributed by atoms with Crippen LogP contribution in [-0.4, -0.2) is 95.2 Å². The molecule has 2 amide bonds. The molecule has 2 rings (SSSR count). The number of rotatable bonds is 7. The van der Waals surface area contributed by atoms with Gasteiger partial charge in [0.2, 0.25) is 10.1 Å². The molecule has 2 fully saturated rings. The minimum Gasteiger partial charge on any atom is -0.463 e. The van der Waals surface area contributed by atoms with Crippen molar-refractivity contribution in [1.82, 2.24) is 10.2 Å². The molecule has 0 bridgehead atoms. The molecule has 1 N–H and O–H groups in total. The lowest BCUT2D eigenvalue weighted by molar-refractivity contribution is -0.264. The fourth-order valence-corrected chi connectivity index (χ4v) is 4.18. The van der Waals surface area contributed by atoms with Crippen molar-refractivity contribution in [3.05, 3.63) is 0 Å². The Hall–Kier alpha value is -2.22. The van der Waals surface area contributed by atoms with Crippen LogP contribution >= 0.6 is 34.8 Å². The van der Waals surface area contributed by atoms with Crippen molar-refractivity contribution >= 4 is 64.9 Å². The smallest absolute Gasteiger partial charge is 0.412 e. The second-order valence-electron chi connectivity index (χ2n) is 8.78. The molecule has 0 saturated carbocycles. The van der Waals surface area contributed by atoms with Crippen molar-refractivity contribution in [2.75, 3.05) is 19.8 Å². The monoisotopic (exact) mass is 604 g/mol. The van der Waals surface area contributed by atoms with E-state index in [1.54, 1.807) is 0 Å². The van der Waals surface area contributed by atoms with Crippen molar-refractivity contribution in [3.8, 4) is 0 Å². The first-order valence-corrected chi connectivity index (χ1v) is 12.9. The van der Waals surface area contributed by atoms with E-state index in [9.17, 15) is 24.0 Å². The van der Waals surface area contributed by atoms with E-state index in [-0.39, 0.29) is 6.04 Å². The van der Waals surface area contributed by atoms with E-state index in [4.69, 9.17) is 63.2 Å². The molecule has 6 atom stereocenters. The van der Waals surface area contributed by atoms with Crippen LogP contribution < -0.4 is 5.32 Å². The lowest BCUT2D eigenvalue weighted by atomic mass is 9.96. The second-order valence-corrected chi connectivity index (χ2v) is 11.3. The number of nitrogens with zero attached hydrogens (tertiary/aromatic N) is 1. The van der Waals surface area contributed by atoms with Crippen molar-refractivity contribution < 1.29 is 52.4 Å². The third-order valence-corrected chi connectivity index (χ3v) is 5.93. The largest absolute Gasteiger partial charge is 0.463 e. The Morgan fingerprint density at radius 1 is 0.921 bits per heavy atom. The van der Waals surface area contributed by atoms with E-state index in [0.717, 1.165) is 40.0 Å². The van der Waals surface area contributed by atoms with Gasteiger partial charge in [0, 0.05) is 33.4 Å². The summed E-state index contributed by atoms with van der Waals surface area (Å²) >= 11 is 16.9. The number of alkyl carbamates (subject to hydrolysis) is 1. The zero-order valence-electron chi connectivity index (χ0n) is 21.3. The highest BCUT2D eigenvalue weighted by atomic mass is 35.6.